The molecule has 0 bridgehead atoms. The van der Waals surface area contributed by atoms with Crippen LogP contribution in [0.4, 0.5) is 5.95 Å². The molecular formula is C23H24N8O2. The average molecular weight is 444 g/mol. The summed E-state index contributed by atoms with van der Waals surface area (Å²) in [5.74, 6) is -0.0484. The number of nitrogens with two attached hydrogens (primary N) is 1. The molecule has 0 spiro atoms. The summed E-state index contributed by atoms with van der Waals surface area (Å²) in [6.45, 7) is 4.01. The predicted molar refractivity (Wildman–Crippen MR) is 123 cm³/mol. The molecule has 33 heavy (non-hydrogen) atoms. The molecule has 1 aliphatic carbocycles. The number of amides is 1. The molecule has 10 nitrogen and oxygen atoms in total. The Bertz CT molecular complexity index is 1430. The highest BCUT2D eigenvalue weighted by molar-refractivity contribution is 5.93. The highest BCUT2D eigenvalue weighted by atomic mass is 16.2. The average Bonchev–Trinajstić information content (AvgIpc) is 3.46. The van der Waals surface area contributed by atoms with Gasteiger partial charge in [0.25, 0.3) is 11.5 Å². The van der Waals surface area contributed by atoms with Gasteiger partial charge >= 0.3 is 0 Å². The fourth-order valence-corrected chi connectivity index (χ4v) is 3.93. The number of anilines is 1. The molecule has 0 radical (unpaired) electrons. The van der Waals surface area contributed by atoms with Crippen molar-refractivity contribution in [2.45, 2.75) is 38.3 Å². The van der Waals surface area contributed by atoms with E-state index in [2.05, 4.69) is 25.4 Å². The van der Waals surface area contributed by atoms with Gasteiger partial charge < -0.3 is 11.1 Å². The van der Waals surface area contributed by atoms with Crippen LogP contribution in [0.25, 0.3) is 22.2 Å². The second-order valence-electron chi connectivity index (χ2n) is 8.66. The van der Waals surface area contributed by atoms with Crippen LogP contribution in [-0.2, 0) is 12.6 Å². The zero-order chi connectivity index (χ0) is 23.3. The Morgan fingerprint density at radius 2 is 1.85 bits per heavy atom. The lowest BCUT2D eigenvalue weighted by molar-refractivity contribution is 0.0920. The number of fused-ring (bicyclic) bond motifs is 1. The van der Waals surface area contributed by atoms with Crippen LogP contribution >= 0.6 is 0 Å². The van der Waals surface area contributed by atoms with Crippen LogP contribution in [-0.4, -0.2) is 35.2 Å². The first kappa shape index (κ1) is 20.8. The molecule has 3 N–H and O–H groups in total. The number of nitrogens with one attached hydrogen (secondary N) is 1. The van der Waals surface area contributed by atoms with Crippen LogP contribution < -0.4 is 16.6 Å². The summed E-state index contributed by atoms with van der Waals surface area (Å²) in [4.78, 5) is 38.3. The van der Waals surface area contributed by atoms with E-state index < -0.39 is 5.54 Å². The minimum Gasteiger partial charge on any atom is -0.369 e. The van der Waals surface area contributed by atoms with Crippen molar-refractivity contribution in [3.05, 3.63) is 64.6 Å². The number of aromatic nitrogens is 6. The number of nitrogens with zero attached hydrogens (tertiary/aromatic N) is 6. The van der Waals surface area contributed by atoms with Crippen LogP contribution in [0, 0.1) is 0 Å². The molecule has 3 aromatic heterocycles. The monoisotopic (exact) mass is 444 g/mol. The van der Waals surface area contributed by atoms with Crippen LogP contribution in [0.3, 0.4) is 0 Å². The minimum absolute atomic E-state index is 0.115. The van der Waals surface area contributed by atoms with E-state index in [-0.39, 0.29) is 29.3 Å². The molecule has 0 atom stereocenters. The molecule has 5 rings (SSSR count). The van der Waals surface area contributed by atoms with E-state index in [1.54, 1.807) is 24.1 Å². The lowest BCUT2D eigenvalue weighted by Gasteiger charge is -2.18. The summed E-state index contributed by atoms with van der Waals surface area (Å²) in [5, 5.41) is 8.22. The molecule has 1 fully saturated rings. The summed E-state index contributed by atoms with van der Waals surface area (Å²) in [5.41, 5.74) is 7.83. The van der Waals surface area contributed by atoms with Crippen molar-refractivity contribution < 1.29 is 4.79 Å². The molecule has 168 valence electrons. The lowest BCUT2D eigenvalue weighted by atomic mass is 10.0. The zero-order valence-corrected chi connectivity index (χ0v) is 18.6. The topological polar surface area (TPSA) is 134 Å². The maximum atomic E-state index is 13.0. The Morgan fingerprint density at radius 1 is 1.12 bits per heavy atom. The van der Waals surface area contributed by atoms with E-state index in [1.807, 2.05) is 38.1 Å². The molecule has 1 aromatic carbocycles. The second-order valence-corrected chi connectivity index (χ2v) is 8.66. The van der Waals surface area contributed by atoms with Gasteiger partial charge in [0.2, 0.25) is 11.8 Å². The summed E-state index contributed by atoms with van der Waals surface area (Å²) < 4.78 is 3.09. The van der Waals surface area contributed by atoms with Crippen molar-refractivity contribution in [2.24, 2.45) is 7.05 Å². The summed E-state index contributed by atoms with van der Waals surface area (Å²) in [6.07, 6.45) is 6.44. The first-order valence-corrected chi connectivity index (χ1v) is 10.7. The Kier molecular flexibility index (Phi) is 4.73. The fraction of sp³-hybridized carbons (Fsp3) is 0.304. The number of carbonyl (C=O) groups excluding carboxylic acids is 1. The summed E-state index contributed by atoms with van der Waals surface area (Å²) >= 11 is 0. The van der Waals surface area contributed by atoms with Gasteiger partial charge in [-0.1, -0.05) is 24.3 Å². The van der Waals surface area contributed by atoms with Gasteiger partial charge in [-0.15, -0.1) is 0 Å². The van der Waals surface area contributed by atoms with Gasteiger partial charge in [-0.25, -0.2) is 19.6 Å². The smallest absolute Gasteiger partial charge is 0.289 e. The number of benzene rings is 1. The van der Waals surface area contributed by atoms with E-state index in [9.17, 15) is 9.59 Å². The SMILES string of the molecule is CC(C)n1ncc2cnc(C(=O)NC3(c4ccc(-c5cnc(N)n(C)c5=O)cc4)CC3)nc21. The van der Waals surface area contributed by atoms with E-state index in [1.165, 1.54) is 10.8 Å². The molecule has 1 saturated carbocycles. The van der Waals surface area contributed by atoms with Gasteiger partial charge in [0.1, 0.15) is 0 Å². The molecule has 4 aromatic rings. The van der Waals surface area contributed by atoms with Gasteiger partial charge in [0, 0.05) is 25.5 Å². The molecule has 10 heteroatoms. The quantitative estimate of drug-likeness (QED) is 0.482. The van der Waals surface area contributed by atoms with Crippen molar-refractivity contribution in [3.8, 4) is 11.1 Å². The third-order valence-corrected chi connectivity index (χ3v) is 6.08. The highest BCUT2D eigenvalue weighted by Gasteiger charge is 2.46. The van der Waals surface area contributed by atoms with E-state index in [0.717, 1.165) is 29.4 Å². The van der Waals surface area contributed by atoms with Gasteiger partial charge in [0.15, 0.2) is 5.65 Å². The maximum Gasteiger partial charge on any atom is 0.289 e. The van der Waals surface area contributed by atoms with Gasteiger partial charge in [0.05, 0.1) is 22.7 Å². The van der Waals surface area contributed by atoms with Gasteiger partial charge in [-0.05, 0) is 37.8 Å². The summed E-state index contributed by atoms with van der Waals surface area (Å²) in [7, 11) is 1.59. The van der Waals surface area contributed by atoms with Crippen molar-refractivity contribution in [3.63, 3.8) is 0 Å². The first-order chi connectivity index (χ1) is 15.8. The highest BCUT2D eigenvalue weighted by Crippen LogP contribution is 2.46. The standard InChI is InChI=1S/C23H24N8O2/c1-13(2)31-19-15(11-27-31)10-25-18(28-19)20(32)29-23(8-9-23)16-6-4-14(5-7-16)17-12-26-22(24)30(3)21(17)33/h4-7,10-13H,8-9H2,1-3H3,(H2,24,26)(H,29,32). The number of hydrogen-bond donors (Lipinski definition) is 2. The van der Waals surface area contributed by atoms with Gasteiger partial charge in [-0.3, -0.25) is 14.2 Å². The molecule has 0 aliphatic heterocycles. The summed E-state index contributed by atoms with van der Waals surface area (Å²) in [6, 6.07) is 7.70. The van der Waals surface area contributed by atoms with Crippen molar-refractivity contribution in [1.29, 1.82) is 0 Å². The number of carbonyl (C=O) groups is 1. The van der Waals surface area contributed by atoms with Crippen molar-refractivity contribution in [2.75, 3.05) is 5.73 Å². The van der Waals surface area contributed by atoms with Crippen molar-refractivity contribution >= 4 is 22.9 Å². The number of nitrogen functional groups attached to an aromatic ring is 1. The van der Waals surface area contributed by atoms with E-state index >= 15 is 0 Å². The Labute approximate surface area is 189 Å². The molecule has 3 heterocycles. The molecule has 1 aliphatic rings. The largest absolute Gasteiger partial charge is 0.369 e. The number of hydrogen-bond acceptors (Lipinski definition) is 7. The molecular weight excluding hydrogens is 420 g/mol. The van der Waals surface area contributed by atoms with Crippen molar-refractivity contribution in [1.82, 2.24) is 34.6 Å². The van der Waals surface area contributed by atoms with Gasteiger partial charge in [-0.2, -0.15) is 5.10 Å². The Balaban J connectivity index is 1.39. The van der Waals surface area contributed by atoms with Crippen LogP contribution in [0.15, 0.2) is 47.7 Å². The predicted octanol–water partition coefficient (Wildman–Crippen LogP) is 2.17. The van der Waals surface area contributed by atoms with E-state index in [0.29, 0.717) is 11.2 Å². The zero-order valence-electron chi connectivity index (χ0n) is 18.6. The maximum absolute atomic E-state index is 13.0. The van der Waals surface area contributed by atoms with Crippen LogP contribution in [0.2, 0.25) is 0 Å². The van der Waals surface area contributed by atoms with Crippen LogP contribution in [0.1, 0.15) is 48.9 Å². The minimum atomic E-state index is -0.462. The van der Waals surface area contributed by atoms with E-state index in [4.69, 9.17) is 5.73 Å². The second kappa shape index (κ2) is 7.51. The Hall–Kier alpha value is -4.08. The Morgan fingerprint density at radius 3 is 2.52 bits per heavy atom. The van der Waals surface area contributed by atoms with Crippen LogP contribution in [0.5, 0.6) is 0 Å². The molecule has 0 unspecified atom stereocenters. The third kappa shape index (κ3) is 3.53. The third-order valence-electron chi connectivity index (χ3n) is 6.08. The number of rotatable bonds is 5. The normalized spacial score (nSPS) is 14.5. The lowest BCUT2D eigenvalue weighted by Crippen LogP contribution is -2.36. The molecule has 0 saturated heterocycles. The molecule has 1 amide bonds. The fourth-order valence-electron chi connectivity index (χ4n) is 3.93. The first-order valence-electron chi connectivity index (χ1n) is 10.7.